The topological polar surface area (TPSA) is 63.3 Å². The summed E-state index contributed by atoms with van der Waals surface area (Å²) in [4.78, 5) is 10.7. The van der Waals surface area contributed by atoms with Crippen molar-refractivity contribution < 1.29 is 9.90 Å². The standard InChI is InChI=1S/C14H15NO2/c15-14(17)13(16)8-6-10-5-7-11-3-1-2-4-12(11)9-10/h1-5,7,9,13,16H,6,8H2,(H2,15,17). The van der Waals surface area contributed by atoms with Crippen LogP contribution in [0, 0.1) is 0 Å². The Kier molecular flexibility index (Phi) is 3.40. The predicted octanol–water partition coefficient (Wildman–Crippen LogP) is 1.62. The van der Waals surface area contributed by atoms with Crippen LogP contribution in [0.15, 0.2) is 42.5 Å². The molecule has 2 aromatic rings. The zero-order valence-electron chi connectivity index (χ0n) is 9.47. The summed E-state index contributed by atoms with van der Waals surface area (Å²) in [6.07, 6.45) is -0.0377. The van der Waals surface area contributed by atoms with Gasteiger partial charge in [0, 0.05) is 0 Å². The number of hydrogen-bond acceptors (Lipinski definition) is 2. The van der Waals surface area contributed by atoms with E-state index in [1.165, 1.54) is 10.8 Å². The lowest BCUT2D eigenvalue weighted by Crippen LogP contribution is -2.28. The average molecular weight is 229 g/mol. The van der Waals surface area contributed by atoms with E-state index in [2.05, 4.69) is 12.1 Å². The number of rotatable bonds is 4. The molecule has 2 rings (SSSR count). The molecule has 0 heterocycles. The van der Waals surface area contributed by atoms with Crippen molar-refractivity contribution >= 4 is 16.7 Å². The van der Waals surface area contributed by atoms with Crippen LogP contribution in [0.1, 0.15) is 12.0 Å². The highest BCUT2D eigenvalue weighted by atomic mass is 16.3. The third kappa shape index (κ3) is 2.82. The molecule has 17 heavy (non-hydrogen) atoms. The van der Waals surface area contributed by atoms with Crippen LogP contribution >= 0.6 is 0 Å². The van der Waals surface area contributed by atoms with Gasteiger partial charge in [-0.3, -0.25) is 4.79 Å². The van der Waals surface area contributed by atoms with E-state index in [-0.39, 0.29) is 0 Å². The van der Waals surface area contributed by atoms with Gasteiger partial charge in [-0.1, -0.05) is 42.5 Å². The lowest BCUT2D eigenvalue weighted by atomic mass is 10.0. The minimum absolute atomic E-state index is 0.369. The fourth-order valence-corrected chi connectivity index (χ4v) is 1.84. The number of carbonyl (C=O) groups is 1. The van der Waals surface area contributed by atoms with Gasteiger partial charge in [-0.15, -0.1) is 0 Å². The fourth-order valence-electron chi connectivity index (χ4n) is 1.84. The van der Waals surface area contributed by atoms with Crippen LogP contribution in [-0.4, -0.2) is 17.1 Å². The Morgan fingerprint density at radius 3 is 2.59 bits per heavy atom. The first-order chi connectivity index (χ1) is 8.16. The van der Waals surface area contributed by atoms with Crippen LogP contribution in [0.5, 0.6) is 0 Å². The van der Waals surface area contributed by atoms with Gasteiger partial charge in [0.2, 0.25) is 5.91 Å². The Morgan fingerprint density at radius 1 is 1.18 bits per heavy atom. The molecule has 3 N–H and O–H groups in total. The first-order valence-electron chi connectivity index (χ1n) is 5.62. The van der Waals surface area contributed by atoms with Gasteiger partial charge in [-0.05, 0) is 29.2 Å². The number of benzene rings is 2. The Morgan fingerprint density at radius 2 is 1.88 bits per heavy atom. The second-order valence-electron chi connectivity index (χ2n) is 4.14. The van der Waals surface area contributed by atoms with Gasteiger partial charge in [0.1, 0.15) is 6.10 Å². The minimum atomic E-state index is -1.05. The number of carbonyl (C=O) groups excluding carboxylic acids is 1. The van der Waals surface area contributed by atoms with Crippen molar-refractivity contribution in [1.29, 1.82) is 0 Å². The number of primary amides is 1. The molecule has 88 valence electrons. The third-order valence-corrected chi connectivity index (χ3v) is 2.85. The largest absolute Gasteiger partial charge is 0.383 e. The Hall–Kier alpha value is -1.87. The highest BCUT2D eigenvalue weighted by Crippen LogP contribution is 2.16. The van der Waals surface area contributed by atoms with Crippen molar-refractivity contribution in [2.24, 2.45) is 5.73 Å². The zero-order valence-corrected chi connectivity index (χ0v) is 9.47. The van der Waals surface area contributed by atoms with E-state index < -0.39 is 12.0 Å². The average Bonchev–Trinajstić information content (AvgIpc) is 2.35. The molecule has 3 nitrogen and oxygen atoms in total. The van der Waals surface area contributed by atoms with Crippen molar-refractivity contribution in [2.45, 2.75) is 18.9 Å². The molecule has 0 aliphatic carbocycles. The van der Waals surface area contributed by atoms with E-state index in [1.54, 1.807) is 0 Å². The summed E-state index contributed by atoms with van der Waals surface area (Å²) in [5, 5.41) is 11.7. The van der Waals surface area contributed by atoms with Crippen molar-refractivity contribution in [2.75, 3.05) is 0 Å². The molecular formula is C14H15NO2. The Labute approximate surface area is 99.9 Å². The van der Waals surface area contributed by atoms with Gasteiger partial charge < -0.3 is 10.8 Å². The number of amides is 1. The Balaban J connectivity index is 2.12. The van der Waals surface area contributed by atoms with Gasteiger partial charge in [-0.2, -0.15) is 0 Å². The number of aliphatic hydroxyl groups is 1. The van der Waals surface area contributed by atoms with Crippen molar-refractivity contribution in [1.82, 2.24) is 0 Å². The first kappa shape index (κ1) is 11.6. The number of aryl methyl sites for hydroxylation is 1. The lowest BCUT2D eigenvalue weighted by molar-refractivity contribution is -0.126. The maximum absolute atomic E-state index is 10.7. The zero-order chi connectivity index (χ0) is 12.3. The number of nitrogens with two attached hydrogens (primary N) is 1. The summed E-state index contributed by atoms with van der Waals surface area (Å²) >= 11 is 0. The van der Waals surface area contributed by atoms with E-state index in [0.717, 1.165) is 5.56 Å². The molecule has 0 bridgehead atoms. The van der Waals surface area contributed by atoms with Gasteiger partial charge >= 0.3 is 0 Å². The molecule has 0 aliphatic heterocycles. The van der Waals surface area contributed by atoms with Crippen LogP contribution in [-0.2, 0) is 11.2 Å². The molecule has 2 aromatic carbocycles. The normalized spacial score (nSPS) is 12.5. The van der Waals surface area contributed by atoms with E-state index >= 15 is 0 Å². The lowest BCUT2D eigenvalue weighted by Gasteiger charge is -2.07. The molecule has 0 aliphatic rings. The summed E-state index contributed by atoms with van der Waals surface area (Å²) in [7, 11) is 0. The van der Waals surface area contributed by atoms with Crippen LogP contribution in [0.2, 0.25) is 0 Å². The molecule has 3 heteroatoms. The van der Waals surface area contributed by atoms with Crippen LogP contribution in [0.4, 0.5) is 0 Å². The summed E-state index contributed by atoms with van der Waals surface area (Å²) < 4.78 is 0. The molecule has 1 atom stereocenters. The minimum Gasteiger partial charge on any atom is -0.383 e. The molecular weight excluding hydrogens is 214 g/mol. The van der Waals surface area contributed by atoms with Gasteiger partial charge in [0.05, 0.1) is 0 Å². The van der Waals surface area contributed by atoms with Crippen LogP contribution in [0.3, 0.4) is 0 Å². The summed E-state index contributed by atoms with van der Waals surface area (Å²) in [6, 6.07) is 14.2. The number of aliphatic hydroxyl groups excluding tert-OH is 1. The summed E-state index contributed by atoms with van der Waals surface area (Å²) in [6.45, 7) is 0. The molecule has 1 unspecified atom stereocenters. The maximum atomic E-state index is 10.7. The molecule has 1 amide bonds. The first-order valence-corrected chi connectivity index (χ1v) is 5.62. The molecule has 0 aromatic heterocycles. The molecule has 0 saturated heterocycles. The monoisotopic (exact) mass is 229 g/mol. The second kappa shape index (κ2) is 4.97. The highest BCUT2D eigenvalue weighted by molar-refractivity contribution is 5.83. The van der Waals surface area contributed by atoms with Crippen molar-refractivity contribution in [3.05, 3.63) is 48.0 Å². The second-order valence-corrected chi connectivity index (χ2v) is 4.14. The molecule has 0 saturated carbocycles. The smallest absolute Gasteiger partial charge is 0.246 e. The van der Waals surface area contributed by atoms with E-state index in [9.17, 15) is 9.90 Å². The highest BCUT2D eigenvalue weighted by Gasteiger charge is 2.10. The van der Waals surface area contributed by atoms with Crippen molar-refractivity contribution in [3.63, 3.8) is 0 Å². The third-order valence-electron chi connectivity index (χ3n) is 2.85. The predicted molar refractivity (Wildman–Crippen MR) is 67.5 cm³/mol. The van der Waals surface area contributed by atoms with E-state index in [0.29, 0.717) is 12.8 Å². The molecule has 0 radical (unpaired) electrons. The maximum Gasteiger partial charge on any atom is 0.246 e. The molecule has 0 fully saturated rings. The Bertz CT molecular complexity index is 536. The van der Waals surface area contributed by atoms with Crippen LogP contribution in [0.25, 0.3) is 10.8 Å². The molecule has 0 spiro atoms. The fraction of sp³-hybridized carbons (Fsp3) is 0.214. The van der Waals surface area contributed by atoms with Gasteiger partial charge in [-0.25, -0.2) is 0 Å². The summed E-state index contributed by atoms with van der Waals surface area (Å²) in [5.41, 5.74) is 6.10. The van der Waals surface area contributed by atoms with Crippen LogP contribution < -0.4 is 5.73 Å². The summed E-state index contributed by atoms with van der Waals surface area (Å²) in [5.74, 6) is -0.661. The SMILES string of the molecule is NC(=O)C(O)CCc1ccc2ccccc2c1. The van der Waals surface area contributed by atoms with Crippen molar-refractivity contribution in [3.8, 4) is 0 Å². The number of hydrogen-bond donors (Lipinski definition) is 2. The van der Waals surface area contributed by atoms with E-state index in [1.807, 2.05) is 30.3 Å². The quantitative estimate of drug-likeness (QED) is 0.836. The van der Waals surface area contributed by atoms with Gasteiger partial charge in [0.25, 0.3) is 0 Å². The van der Waals surface area contributed by atoms with E-state index in [4.69, 9.17) is 5.73 Å². The number of fused-ring (bicyclic) bond motifs is 1. The van der Waals surface area contributed by atoms with Gasteiger partial charge in [0.15, 0.2) is 0 Å².